The molecule has 0 saturated carbocycles. The Bertz CT molecular complexity index is 258. The zero-order valence-electron chi connectivity index (χ0n) is 5.10. The average Bonchev–Trinajstić information content (AvgIpc) is 1.84. The van der Waals surface area contributed by atoms with Crippen LogP contribution in [0.15, 0.2) is 11.8 Å². The SMILES string of the molecule is CC1=CC(=O)N1O[SH](=O)=O. The predicted octanol–water partition coefficient (Wildman–Crippen LogP) is -0.810. The topological polar surface area (TPSA) is 63.7 Å². The second kappa shape index (κ2) is 2.39. The molecule has 1 aliphatic heterocycles. The van der Waals surface area contributed by atoms with Gasteiger partial charge in [0.05, 0.1) is 5.70 Å². The second-order valence-corrected chi connectivity index (χ2v) is 2.33. The summed E-state index contributed by atoms with van der Waals surface area (Å²) in [5.74, 6) is -0.448. The minimum absolute atomic E-state index is 0.448. The van der Waals surface area contributed by atoms with Gasteiger partial charge in [0, 0.05) is 6.08 Å². The number of thiol groups is 1. The molecular weight excluding hydrogens is 158 g/mol. The molecular formula is C4H5NO4S. The summed E-state index contributed by atoms with van der Waals surface area (Å²) in [6.07, 6.45) is 1.28. The number of carbonyl (C=O) groups excluding carboxylic acids is 1. The first-order valence-electron chi connectivity index (χ1n) is 2.46. The van der Waals surface area contributed by atoms with Gasteiger partial charge in [0.1, 0.15) is 0 Å². The molecule has 0 N–H and O–H groups in total. The van der Waals surface area contributed by atoms with Crippen LogP contribution in [0.25, 0.3) is 0 Å². The van der Waals surface area contributed by atoms with E-state index in [1.165, 1.54) is 6.08 Å². The van der Waals surface area contributed by atoms with E-state index < -0.39 is 16.9 Å². The van der Waals surface area contributed by atoms with Gasteiger partial charge in [-0.25, -0.2) is 8.42 Å². The third-order valence-corrected chi connectivity index (χ3v) is 1.30. The van der Waals surface area contributed by atoms with Crippen LogP contribution in [0.4, 0.5) is 0 Å². The second-order valence-electron chi connectivity index (χ2n) is 1.72. The van der Waals surface area contributed by atoms with Gasteiger partial charge in [-0.1, -0.05) is 0 Å². The molecule has 0 fully saturated rings. The molecule has 0 saturated heterocycles. The lowest BCUT2D eigenvalue weighted by atomic mass is 10.3. The molecule has 0 radical (unpaired) electrons. The van der Waals surface area contributed by atoms with Crippen molar-refractivity contribution in [2.24, 2.45) is 0 Å². The van der Waals surface area contributed by atoms with Gasteiger partial charge in [0.15, 0.2) is 0 Å². The van der Waals surface area contributed by atoms with Crippen LogP contribution in [0.1, 0.15) is 6.92 Å². The third-order valence-electron chi connectivity index (χ3n) is 1.00. The zero-order chi connectivity index (χ0) is 7.72. The van der Waals surface area contributed by atoms with Gasteiger partial charge in [-0.2, -0.15) is 5.06 Å². The highest BCUT2D eigenvalue weighted by Crippen LogP contribution is 2.15. The molecule has 0 aromatic heterocycles. The predicted molar refractivity (Wildman–Crippen MR) is 32.0 cm³/mol. The van der Waals surface area contributed by atoms with Gasteiger partial charge < -0.3 is 0 Å². The number of hydroxylamine groups is 2. The van der Waals surface area contributed by atoms with Crippen LogP contribution in [0.5, 0.6) is 0 Å². The summed E-state index contributed by atoms with van der Waals surface area (Å²) in [6.45, 7) is 1.57. The van der Waals surface area contributed by atoms with Crippen LogP contribution in [0, 0.1) is 0 Å². The molecule has 10 heavy (non-hydrogen) atoms. The standard InChI is InChI=1S/C4H5NO4S/c1-3-2-4(6)5(3)9-10(7)8/h2,10H,1H3. The molecule has 1 rings (SSSR count). The van der Waals surface area contributed by atoms with Gasteiger partial charge in [0.2, 0.25) is 0 Å². The maximum absolute atomic E-state index is 10.4. The smallest absolute Gasteiger partial charge is 0.267 e. The molecule has 0 spiro atoms. The Hall–Kier alpha value is -0.880. The lowest BCUT2D eigenvalue weighted by Crippen LogP contribution is -2.35. The molecule has 6 heteroatoms. The summed E-state index contributed by atoms with van der Waals surface area (Å²) in [6, 6.07) is 0. The Labute approximate surface area is 59.0 Å². The van der Waals surface area contributed by atoms with Gasteiger partial charge >= 0.3 is 0 Å². The van der Waals surface area contributed by atoms with E-state index in [9.17, 15) is 13.2 Å². The number of amides is 1. The fraction of sp³-hybridized carbons (Fsp3) is 0.250. The monoisotopic (exact) mass is 163 g/mol. The lowest BCUT2D eigenvalue weighted by molar-refractivity contribution is -0.149. The first-order chi connectivity index (χ1) is 4.61. The zero-order valence-corrected chi connectivity index (χ0v) is 6.00. The summed E-state index contributed by atoms with van der Waals surface area (Å²) in [5, 5.41) is 0.714. The van der Waals surface area contributed by atoms with Crippen molar-refractivity contribution >= 4 is 16.9 Å². The van der Waals surface area contributed by atoms with Gasteiger partial charge in [-0.15, -0.1) is 4.28 Å². The van der Waals surface area contributed by atoms with Crippen molar-refractivity contribution in [3.05, 3.63) is 11.8 Å². The number of carbonyl (C=O) groups is 1. The Morgan fingerprint density at radius 2 is 2.20 bits per heavy atom. The minimum Gasteiger partial charge on any atom is -0.267 e. The van der Waals surface area contributed by atoms with E-state index in [-0.39, 0.29) is 0 Å². The molecule has 0 bridgehead atoms. The Morgan fingerprint density at radius 3 is 2.40 bits per heavy atom. The fourth-order valence-electron chi connectivity index (χ4n) is 0.575. The molecule has 0 aromatic rings. The number of nitrogens with zero attached hydrogens (tertiary/aromatic N) is 1. The Balaban J connectivity index is 2.62. The summed E-state index contributed by atoms with van der Waals surface area (Å²) < 4.78 is 23.9. The highest BCUT2D eigenvalue weighted by atomic mass is 32.2. The van der Waals surface area contributed by atoms with E-state index in [1.54, 1.807) is 6.92 Å². The molecule has 5 nitrogen and oxygen atoms in total. The van der Waals surface area contributed by atoms with Crippen molar-refractivity contribution in [3.63, 3.8) is 0 Å². The molecule has 56 valence electrons. The summed E-state index contributed by atoms with van der Waals surface area (Å²) >= 11 is 0. The number of hydrogen-bond acceptors (Lipinski definition) is 4. The van der Waals surface area contributed by atoms with Crippen LogP contribution in [-0.2, 0) is 20.1 Å². The molecule has 1 aliphatic rings. The van der Waals surface area contributed by atoms with Crippen molar-refractivity contribution < 1.29 is 17.5 Å². The minimum atomic E-state index is -2.98. The first-order valence-corrected chi connectivity index (χ1v) is 3.55. The molecule has 0 aliphatic carbocycles. The maximum Gasteiger partial charge on any atom is 0.278 e. The van der Waals surface area contributed by atoms with Crippen LogP contribution in [0.2, 0.25) is 0 Å². The largest absolute Gasteiger partial charge is 0.278 e. The molecule has 1 heterocycles. The van der Waals surface area contributed by atoms with Gasteiger partial charge in [-0.05, 0) is 6.92 Å². The van der Waals surface area contributed by atoms with E-state index in [0.29, 0.717) is 10.8 Å². The number of rotatable bonds is 2. The van der Waals surface area contributed by atoms with E-state index in [4.69, 9.17) is 0 Å². The van der Waals surface area contributed by atoms with Crippen molar-refractivity contribution in [2.75, 3.05) is 0 Å². The van der Waals surface area contributed by atoms with Crippen LogP contribution in [0.3, 0.4) is 0 Å². The van der Waals surface area contributed by atoms with Crippen LogP contribution >= 0.6 is 0 Å². The van der Waals surface area contributed by atoms with E-state index in [1.807, 2.05) is 0 Å². The van der Waals surface area contributed by atoms with Crippen LogP contribution < -0.4 is 0 Å². The molecule has 0 aromatic carbocycles. The van der Waals surface area contributed by atoms with Crippen molar-refractivity contribution in [2.45, 2.75) is 6.92 Å². The van der Waals surface area contributed by atoms with Crippen molar-refractivity contribution in [1.82, 2.24) is 5.06 Å². The quantitative estimate of drug-likeness (QED) is 0.541. The highest BCUT2D eigenvalue weighted by molar-refractivity contribution is 7.67. The summed E-state index contributed by atoms with van der Waals surface area (Å²) in [5.41, 5.74) is 0.490. The van der Waals surface area contributed by atoms with Crippen molar-refractivity contribution in [3.8, 4) is 0 Å². The van der Waals surface area contributed by atoms with Crippen LogP contribution in [-0.4, -0.2) is 19.4 Å². The molecule has 0 atom stereocenters. The Kier molecular flexibility index (Phi) is 1.73. The van der Waals surface area contributed by atoms with E-state index >= 15 is 0 Å². The fourth-order valence-corrected chi connectivity index (χ4v) is 0.918. The van der Waals surface area contributed by atoms with Gasteiger partial charge in [0.25, 0.3) is 16.9 Å². The van der Waals surface area contributed by atoms with Gasteiger partial charge in [-0.3, -0.25) is 4.79 Å². The maximum atomic E-state index is 10.4. The third kappa shape index (κ3) is 1.17. The summed E-state index contributed by atoms with van der Waals surface area (Å²) in [4.78, 5) is 10.4. The van der Waals surface area contributed by atoms with E-state index in [2.05, 4.69) is 4.28 Å². The Morgan fingerprint density at radius 1 is 1.60 bits per heavy atom. The highest BCUT2D eigenvalue weighted by Gasteiger charge is 2.24. The van der Waals surface area contributed by atoms with Crippen molar-refractivity contribution in [1.29, 1.82) is 0 Å². The van der Waals surface area contributed by atoms with E-state index in [0.717, 1.165) is 0 Å². The average molecular weight is 163 g/mol. The normalized spacial score (nSPS) is 17.2. The number of allylic oxidation sites excluding steroid dienone is 1. The number of hydrogen-bond donors (Lipinski definition) is 1. The molecule has 0 unspecified atom stereocenters. The first kappa shape index (κ1) is 7.23. The lowest BCUT2D eigenvalue weighted by Gasteiger charge is -2.23. The molecule has 1 amide bonds. The summed E-state index contributed by atoms with van der Waals surface area (Å²) in [7, 11) is -2.98.